The maximum absolute atomic E-state index is 13.1. The molecular weight excluding hydrogens is 297 g/mol. The van der Waals surface area contributed by atoms with E-state index in [4.69, 9.17) is 4.74 Å². The molecule has 23 heavy (non-hydrogen) atoms. The number of anilines is 1. The molecule has 0 saturated carbocycles. The summed E-state index contributed by atoms with van der Waals surface area (Å²) in [6, 6.07) is 10.9. The minimum absolute atomic E-state index is 0.143. The predicted octanol–water partition coefficient (Wildman–Crippen LogP) is 3.60. The second-order valence-electron chi connectivity index (χ2n) is 5.24. The van der Waals surface area contributed by atoms with Crippen molar-refractivity contribution in [2.75, 3.05) is 11.9 Å². The van der Waals surface area contributed by atoms with Gasteiger partial charge in [-0.2, -0.15) is 0 Å². The van der Waals surface area contributed by atoms with E-state index in [1.165, 1.54) is 18.2 Å². The number of carbonyl (C=O) groups excluding carboxylic acids is 1. The van der Waals surface area contributed by atoms with E-state index in [2.05, 4.69) is 5.32 Å². The summed E-state index contributed by atoms with van der Waals surface area (Å²) in [5, 5.41) is 12.7. The fourth-order valence-corrected chi connectivity index (χ4v) is 2.26. The van der Waals surface area contributed by atoms with E-state index in [9.17, 15) is 14.3 Å². The van der Waals surface area contributed by atoms with Crippen LogP contribution in [0.5, 0.6) is 5.75 Å². The topological polar surface area (TPSA) is 58.6 Å². The Labute approximate surface area is 134 Å². The zero-order valence-corrected chi connectivity index (χ0v) is 13.2. The van der Waals surface area contributed by atoms with Crippen LogP contribution >= 0.6 is 0 Å². The zero-order chi connectivity index (χ0) is 16.8. The molecule has 122 valence electrons. The number of nitrogens with one attached hydrogen (secondary N) is 1. The first-order valence-corrected chi connectivity index (χ1v) is 7.46. The van der Waals surface area contributed by atoms with Crippen molar-refractivity contribution in [3.8, 4) is 5.75 Å². The molecule has 2 rings (SSSR count). The summed E-state index contributed by atoms with van der Waals surface area (Å²) in [6.45, 7) is 4.37. The van der Waals surface area contributed by atoms with Gasteiger partial charge in [-0.25, -0.2) is 4.39 Å². The Bertz CT molecular complexity index is 688. The van der Waals surface area contributed by atoms with Gasteiger partial charge in [0, 0.05) is 5.69 Å². The highest BCUT2D eigenvalue weighted by Crippen LogP contribution is 2.23. The van der Waals surface area contributed by atoms with Crippen LogP contribution in [-0.2, 0) is 4.79 Å². The van der Waals surface area contributed by atoms with Gasteiger partial charge in [0.25, 0.3) is 0 Å². The third-order valence-electron chi connectivity index (χ3n) is 3.37. The fraction of sp³-hybridized carbons (Fsp3) is 0.278. The number of aryl methyl sites for hydroxylation is 1. The van der Waals surface area contributed by atoms with Crippen LogP contribution in [0.25, 0.3) is 0 Å². The Morgan fingerprint density at radius 1 is 1.30 bits per heavy atom. The van der Waals surface area contributed by atoms with E-state index < -0.39 is 11.9 Å². The molecule has 5 heteroatoms. The van der Waals surface area contributed by atoms with E-state index in [0.717, 1.165) is 11.3 Å². The number of hydrogen-bond donors (Lipinski definition) is 2. The molecule has 0 aliphatic carbocycles. The summed E-state index contributed by atoms with van der Waals surface area (Å²) >= 11 is 0. The van der Waals surface area contributed by atoms with Gasteiger partial charge in [0.2, 0.25) is 5.91 Å². The number of amides is 1. The second-order valence-corrected chi connectivity index (χ2v) is 5.24. The lowest BCUT2D eigenvalue weighted by Gasteiger charge is -2.13. The van der Waals surface area contributed by atoms with Crippen LogP contribution in [0.3, 0.4) is 0 Å². The normalized spacial score (nSPS) is 11.8. The average molecular weight is 317 g/mol. The number of hydrogen-bond acceptors (Lipinski definition) is 3. The predicted molar refractivity (Wildman–Crippen MR) is 87.0 cm³/mol. The molecule has 0 spiro atoms. The van der Waals surface area contributed by atoms with Crippen molar-refractivity contribution in [1.82, 2.24) is 0 Å². The molecule has 2 N–H and O–H groups in total. The molecule has 0 bridgehead atoms. The maximum atomic E-state index is 13.1. The van der Waals surface area contributed by atoms with Crippen LogP contribution < -0.4 is 10.1 Å². The molecule has 1 atom stereocenters. The standard InChI is InChI=1S/C18H20FNO3/c1-3-23-17-8-7-15(9-12(17)2)20-18(22)11-16(21)13-5-4-6-14(19)10-13/h4-10,16,21H,3,11H2,1-2H3,(H,20,22). The van der Waals surface area contributed by atoms with Crippen LogP contribution in [0.4, 0.5) is 10.1 Å². The van der Waals surface area contributed by atoms with Crippen LogP contribution in [0.15, 0.2) is 42.5 Å². The van der Waals surface area contributed by atoms with Crippen LogP contribution in [-0.4, -0.2) is 17.6 Å². The van der Waals surface area contributed by atoms with Crippen molar-refractivity contribution < 1.29 is 19.0 Å². The molecule has 1 unspecified atom stereocenters. The van der Waals surface area contributed by atoms with E-state index in [1.807, 2.05) is 13.8 Å². The second kappa shape index (κ2) is 7.74. The highest BCUT2D eigenvalue weighted by atomic mass is 19.1. The number of benzene rings is 2. The molecule has 4 nitrogen and oxygen atoms in total. The number of ether oxygens (including phenoxy) is 1. The average Bonchev–Trinajstić information content (AvgIpc) is 2.50. The molecular formula is C18H20FNO3. The van der Waals surface area contributed by atoms with E-state index in [-0.39, 0.29) is 12.3 Å². The molecule has 0 fully saturated rings. The van der Waals surface area contributed by atoms with E-state index in [0.29, 0.717) is 17.9 Å². The minimum Gasteiger partial charge on any atom is -0.494 e. The first kappa shape index (κ1) is 17.0. The van der Waals surface area contributed by atoms with Gasteiger partial charge in [-0.05, 0) is 55.3 Å². The van der Waals surface area contributed by atoms with Crippen LogP contribution in [0.1, 0.15) is 30.6 Å². The molecule has 0 aromatic heterocycles. The molecule has 1 amide bonds. The molecule has 2 aromatic rings. The number of halogens is 1. The summed E-state index contributed by atoms with van der Waals surface area (Å²) in [7, 11) is 0. The zero-order valence-electron chi connectivity index (χ0n) is 13.2. The van der Waals surface area contributed by atoms with Gasteiger partial charge in [-0.15, -0.1) is 0 Å². The maximum Gasteiger partial charge on any atom is 0.227 e. The smallest absolute Gasteiger partial charge is 0.227 e. The summed E-state index contributed by atoms with van der Waals surface area (Å²) in [5.41, 5.74) is 1.92. The first-order valence-electron chi connectivity index (χ1n) is 7.46. The Morgan fingerprint density at radius 2 is 2.09 bits per heavy atom. The fourth-order valence-electron chi connectivity index (χ4n) is 2.26. The monoisotopic (exact) mass is 317 g/mol. The van der Waals surface area contributed by atoms with Crippen molar-refractivity contribution in [3.63, 3.8) is 0 Å². The molecule has 0 radical (unpaired) electrons. The van der Waals surface area contributed by atoms with Gasteiger partial charge in [0.1, 0.15) is 11.6 Å². The van der Waals surface area contributed by atoms with Crippen molar-refractivity contribution in [1.29, 1.82) is 0 Å². The molecule has 0 aliphatic heterocycles. The van der Waals surface area contributed by atoms with Gasteiger partial charge in [-0.1, -0.05) is 12.1 Å². The first-order chi connectivity index (χ1) is 11.0. The quantitative estimate of drug-likeness (QED) is 0.856. The number of carbonyl (C=O) groups is 1. The van der Waals surface area contributed by atoms with Crippen molar-refractivity contribution in [3.05, 3.63) is 59.4 Å². The lowest BCUT2D eigenvalue weighted by atomic mass is 10.1. The Hall–Kier alpha value is -2.40. The highest BCUT2D eigenvalue weighted by molar-refractivity contribution is 5.91. The largest absolute Gasteiger partial charge is 0.494 e. The summed E-state index contributed by atoms with van der Waals surface area (Å²) < 4.78 is 18.6. The van der Waals surface area contributed by atoms with Gasteiger partial charge in [-0.3, -0.25) is 4.79 Å². The lowest BCUT2D eigenvalue weighted by Crippen LogP contribution is -2.15. The number of aliphatic hydroxyl groups excluding tert-OH is 1. The van der Waals surface area contributed by atoms with Gasteiger partial charge in [0.15, 0.2) is 0 Å². The van der Waals surface area contributed by atoms with E-state index >= 15 is 0 Å². The van der Waals surface area contributed by atoms with Crippen molar-refractivity contribution >= 4 is 11.6 Å². The van der Waals surface area contributed by atoms with Gasteiger partial charge < -0.3 is 15.2 Å². The third-order valence-corrected chi connectivity index (χ3v) is 3.37. The van der Waals surface area contributed by atoms with Crippen LogP contribution in [0.2, 0.25) is 0 Å². The number of aliphatic hydroxyl groups is 1. The van der Waals surface area contributed by atoms with Crippen LogP contribution in [0, 0.1) is 12.7 Å². The Balaban J connectivity index is 1.98. The van der Waals surface area contributed by atoms with Gasteiger partial charge >= 0.3 is 0 Å². The molecule has 0 saturated heterocycles. The Kier molecular flexibility index (Phi) is 5.71. The molecule has 0 aliphatic rings. The van der Waals surface area contributed by atoms with Crippen molar-refractivity contribution in [2.45, 2.75) is 26.4 Å². The summed E-state index contributed by atoms with van der Waals surface area (Å²) in [5.74, 6) is -0.0142. The summed E-state index contributed by atoms with van der Waals surface area (Å²) in [6.07, 6.45) is -1.19. The SMILES string of the molecule is CCOc1ccc(NC(=O)CC(O)c2cccc(F)c2)cc1C. The van der Waals surface area contributed by atoms with Gasteiger partial charge in [0.05, 0.1) is 19.1 Å². The minimum atomic E-state index is -1.05. The lowest BCUT2D eigenvalue weighted by molar-refractivity contribution is -0.118. The highest BCUT2D eigenvalue weighted by Gasteiger charge is 2.14. The Morgan fingerprint density at radius 3 is 2.74 bits per heavy atom. The number of rotatable bonds is 6. The third kappa shape index (κ3) is 4.79. The molecule has 2 aromatic carbocycles. The van der Waals surface area contributed by atoms with Crippen molar-refractivity contribution in [2.24, 2.45) is 0 Å². The van der Waals surface area contributed by atoms with E-state index in [1.54, 1.807) is 24.3 Å². The summed E-state index contributed by atoms with van der Waals surface area (Å²) in [4.78, 5) is 12.0. The molecule has 0 heterocycles.